The van der Waals surface area contributed by atoms with E-state index in [2.05, 4.69) is 15.3 Å². The van der Waals surface area contributed by atoms with Crippen molar-refractivity contribution in [1.29, 1.82) is 0 Å². The van der Waals surface area contributed by atoms with Crippen LogP contribution in [0.3, 0.4) is 0 Å². The van der Waals surface area contributed by atoms with E-state index in [1.165, 1.54) is 36.3 Å². The van der Waals surface area contributed by atoms with Crippen LogP contribution in [-0.4, -0.2) is 30.0 Å². The number of primary sulfonamides is 1. The first-order valence-electron chi connectivity index (χ1n) is 8.75. The summed E-state index contributed by atoms with van der Waals surface area (Å²) in [5, 5.41) is 9.43. The van der Waals surface area contributed by atoms with Crippen molar-refractivity contribution >= 4 is 54.9 Å². The molecule has 0 spiro atoms. The molecule has 4 aromatic rings. The molecule has 0 saturated heterocycles. The maximum absolute atomic E-state index is 12.4. The second-order valence-corrected chi connectivity index (χ2v) is 9.84. The van der Waals surface area contributed by atoms with Crippen LogP contribution in [0.25, 0.3) is 20.7 Å². The van der Waals surface area contributed by atoms with Gasteiger partial charge in [-0.3, -0.25) is 4.79 Å². The summed E-state index contributed by atoms with van der Waals surface area (Å²) in [5.74, 6) is -0.167. The molecule has 3 N–H and O–H groups in total. The summed E-state index contributed by atoms with van der Waals surface area (Å²) in [6, 6.07) is 17.9. The van der Waals surface area contributed by atoms with Gasteiger partial charge in [-0.05, 0) is 29.8 Å². The van der Waals surface area contributed by atoms with E-state index in [4.69, 9.17) is 5.14 Å². The number of fused-ring (bicyclic) bond motifs is 1. The number of hydrogen-bond donors (Lipinski definition) is 2. The number of aromatic nitrogens is 2. The number of sulfonamides is 1. The van der Waals surface area contributed by atoms with E-state index in [-0.39, 0.29) is 16.6 Å². The van der Waals surface area contributed by atoms with Gasteiger partial charge >= 0.3 is 0 Å². The van der Waals surface area contributed by atoms with Crippen LogP contribution in [0.4, 0.5) is 5.69 Å². The minimum Gasteiger partial charge on any atom is -0.325 e. The molecule has 152 valence electrons. The number of carbonyl (C=O) groups excluding carboxylic acids is 1. The summed E-state index contributed by atoms with van der Waals surface area (Å²) in [7, 11) is -3.83. The number of hydrogen-bond acceptors (Lipinski definition) is 7. The fourth-order valence-electron chi connectivity index (χ4n) is 2.78. The lowest BCUT2D eigenvalue weighted by Gasteiger charge is -2.06. The standard InChI is InChI=1S/C20H16N4O3S3/c21-30(26,27)15-8-4-7-14(9-15)24-18(25)11-28-19-16-10-17(13-5-2-1-3-6-13)29-20(16)23-12-22-19/h1-10,12H,11H2,(H,24,25)(H2,21,26,27). The molecule has 10 heteroatoms. The molecule has 2 aromatic carbocycles. The Morgan fingerprint density at radius 2 is 1.87 bits per heavy atom. The van der Waals surface area contributed by atoms with Gasteiger partial charge in [0.15, 0.2) is 0 Å². The summed E-state index contributed by atoms with van der Waals surface area (Å²) in [5.41, 5.74) is 1.46. The van der Waals surface area contributed by atoms with Crippen molar-refractivity contribution in [3.63, 3.8) is 0 Å². The highest BCUT2D eigenvalue weighted by atomic mass is 32.2. The van der Waals surface area contributed by atoms with Crippen LogP contribution in [0.1, 0.15) is 0 Å². The van der Waals surface area contributed by atoms with Crippen molar-refractivity contribution in [3.05, 3.63) is 67.0 Å². The number of carbonyl (C=O) groups is 1. The molecule has 0 aliphatic carbocycles. The van der Waals surface area contributed by atoms with E-state index in [9.17, 15) is 13.2 Å². The number of nitrogens with one attached hydrogen (secondary N) is 1. The van der Waals surface area contributed by atoms with Gasteiger partial charge in [0.05, 0.1) is 10.6 Å². The molecule has 0 radical (unpaired) electrons. The predicted molar refractivity (Wildman–Crippen MR) is 120 cm³/mol. The third-order valence-corrected chi connectivity index (χ3v) is 7.15. The Labute approximate surface area is 181 Å². The summed E-state index contributed by atoms with van der Waals surface area (Å²) < 4.78 is 22.9. The van der Waals surface area contributed by atoms with Gasteiger partial charge in [0.1, 0.15) is 16.2 Å². The number of thioether (sulfide) groups is 1. The van der Waals surface area contributed by atoms with Crippen molar-refractivity contribution in [2.24, 2.45) is 5.14 Å². The Morgan fingerprint density at radius 3 is 2.63 bits per heavy atom. The highest BCUT2D eigenvalue weighted by molar-refractivity contribution is 8.00. The molecule has 2 aromatic heterocycles. The van der Waals surface area contributed by atoms with Gasteiger partial charge in [-0.1, -0.05) is 48.2 Å². The molecule has 4 rings (SSSR count). The Balaban J connectivity index is 1.49. The second-order valence-electron chi connectivity index (χ2n) is 6.28. The molecular formula is C20H16N4O3S3. The zero-order valence-electron chi connectivity index (χ0n) is 15.5. The van der Waals surface area contributed by atoms with Crippen LogP contribution in [0.2, 0.25) is 0 Å². The second kappa shape index (κ2) is 8.52. The Hall–Kier alpha value is -2.79. The first-order valence-corrected chi connectivity index (χ1v) is 12.1. The van der Waals surface area contributed by atoms with Gasteiger partial charge in [0, 0.05) is 16.0 Å². The smallest absolute Gasteiger partial charge is 0.238 e. The van der Waals surface area contributed by atoms with Gasteiger partial charge in [-0.2, -0.15) is 0 Å². The summed E-state index contributed by atoms with van der Waals surface area (Å²) in [6.07, 6.45) is 1.49. The third-order valence-electron chi connectivity index (χ3n) is 4.14. The monoisotopic (exact) mass is 456 g/mol. The average molecular weight is 457 g/mol. The molecule has 7 nitrogen and oxygen atoms in total. The Bertz CT molecular complexity index is 1320. The topological polar surface area (TPSA) is 115 Å². The quantitative estimate of drug-likeness (QED) is 0.337. The SMILES string of the molecule is NS(=O)(=O)c1cccc(NC(=O)CSc2ncnc3sc(-c4ccccc4)cc23)c1. The lowest BCUT2D eigenvalue weighted by molar-refractivity contribution is -0.113. The Morgan fingerprint density at radius 1 is 1.07 bits per heavy atom. The van der Waals surface area contributed by atoms with E-state index in [0.717, 1.165) is 20.7 Å². The number of benzene rings is 2. The maximum atomic E-state index is 12.4. The van der Waals surface area contributed by atoms with E-state index in [0.29, 0.717) is 10.7 Å². The largest absolute Gasteiger partial charge is 0.325 e. The van der Waals surface area contributed by atoms with Crippen LogP contribution < -0.4 is 10.5 Å². The summed E-state index contributed by atoms with van der Waals surface area (Å²) in [4.78, 5) is 22.9. The lowest BCUT2D eigenvalue weighted by atomic mass is 10.2. The highest BCUT2D eigenvalue weighted by Gasteiger charge is 2.13. The number of nitrogens with two attached hydrogens (primary N) is 1. The molecule has 0 saturated carbocycles. The lowest BCUT2D eigenvalue weighted by Crippen LogP contribution is -2.16. The predicted octanol–water partition coefficient (Wildman–Crippen LogP) is 3.74. The van der Waals surface area contributed by atoms with Crippen molar-refractivity contribution < 1.29 is 13.2 Å². The number of anilines is 1. The molecule has 0 aliphatic rings. The van der Waals surface area contributed by atoms with Crippen molar-refractivity contribution in [1.82, 2.24) is 9.97 Å². The molecule has 0 fully saturated rings. The normalized spacial score (nSPS) is 11.5. The van der Waals surface area contributed by atoms with Crippen molar-refractivity contribution in [2.45, 2.75) is 9.92 Å². The zero-order valence-corrected chi connectivity index (χ0v) is 17.9. The van der Waals surface area contributed by atoms with Crippen molar-refractivity contribution in [2.75, 3.05) is 11.1 Å². The third kappa shape index (κ3) is 4.68. The number of nitrogens with zero attached hydrogens (tertiary/aromatic N) is 2. The molecule has 1 amide bonds. The fourth-order valence-corrected chi connectivity index (χ4v) is 5.18. The molecular weight excluding hydrogens is 440 g/mol. The summed E-state index contributed by atoms with van der Waals surface area (Å²) in [6.45, 7) is 0. The van der Waals surface area contributed by atoms with E-state index in [1.54, 1.807) is 17.4 Å². The maximum Gasteiger partial charge on any atom is 0.238 e. The van der Waals surface area contributed by atoms with E-state index in [1.807, 2.05) is 36.4 Å². The Kier molecular flexibility index (Phi) is 5.82. The molecule has 30 heavy (non-hydrogen) atoms. The average Bonchev–Trinajstić information content (AvgIpc) is 3.17. The van der Waals surface area contributed by atoms with Crippen LogP contribution in [0.5, 0.6) is 0 Å². The van der Waals surface area contributed by atoms with Gasteiger partial charge in [0.25, 0.3) is 0 Å². The minimum absolute atomic E-state index is 0.0582. The number of thiophene rings is 1. The molecule has 0 bridgehead atoms. The van der Waals surface area contributed by atoms with Crippen LogP contribution in [-0.2, 0) is 14.8 Å². The van der Waals surface area contributed by atoms with Gasteiger partial charge in [0.2, 0.25) is 15.9 Å². The number of rotatable bonds is 6. The molecule has 0 aliphatic heterocycles. The van der Waals surface area contributed by atoms with Crippen LogP contribution >= 0.6 is 23.1 Å². The summed E-state index contributed by atoms with van der Waals surface area (Å²) >= 11 is 2.87. The van der Waals surface area contributed by atoms with Gasteiger partial charge in [-0.15, -0.1) is 11.3 Å². The zero-order chi connectivity index (χ0) is 21.1. The van der Waals surface area contributed by atoms with E-state index < -0.39 is 10.0 Å². The van der Waals surface area contributed by atoms with E-state index >= 15 is 0 Å². The van der Waals surface area contributed by atoms with Crippen LogP contribution in [0, 0.1) is 0 Å². The molecule has 0 unspecified atom stereocenters. The van der Waals surface area contributed by atoms with Crippen LogP contribution in [0.15, 0.2) is 76.9 Å². The van der Waals surface area contributed by atoms with Gasteiger partial charge in [-0.25, -0.2) is 23.5 Å². The first kappa shape index (κ1) is 20.5. The fraction of sp³-hybridized carbons (Fsp3) is 0.0500. The highest BCUT2D eigenvalue weighted by Crippen LogP contribution is 2.36. The molecule has 2 heterocycles. The van der Waals surface area contributed by atoms with Gasteiger partial charge < -0.3 is 5.32 Å². The number of amides is 1. The van der Waals surface area contributed by atoms with Crippen molar-refractivity contribution in [3.8, 4) is 10.4 Å². The first-order chi connectivity index (χ1) is 14.4. The minimum atomic E-state index is -3.83. The molecule has 0 atom stereocenters.